The number of aromatic nitrogens is 2. The molecule has 2 aromatic carbocycles. The van der Waals surface area contributed by atoms with E-state index in [1.54, 1.807) is 0 Å². The Hall–Kier alpha value is -3.08. The zero-order valence-electron chi connectivity index (χ0n) is 20.6. The molecule has 0 atom stereocenters. The molecule has 3 aromatic rings. The fourth-order valence-electron chi connectivity index (χ4n) is 4.88. The number of benzene rings is 2. The molecule has 7 heteroatoms. The molecular weight excluding hydrogens is 456 g/mol. The van der Waals surface area contributed by atoms with Crippen molar-refractivity contribution in [1.82, 2.24) is 14.3 Å². The molecule has 2 heterocycles. The van der Waals surface area contributed by atoms with Gasteiger partial charge in [0.1, 0.15) is 5.01 Å². The van der Waals surface area contributed by atoms with Crippen LogP contribution in [-0.4, -0.2) is 45.0 Å². The van der Waals surface area contributed by atoms with Crippen molar-refractivity contribution in [2.24, 2.45) is 5.92 Å². The van der Waals surface area contributed by atoms with Crippen molar-refractivity contribution >= 4 is 17.5 Å². The summed E-state index contributed by atoms with van der Waals surface area (Å²) >= 11 is 1.37. The molecule has 0 spiro atoms. The van der Waals surface area contributed by atoms with E-state index in [9.17, 15) is 10.1 Å². The smallest absolute Gasteiger partial charge is 0.303 e. The maximum atomic E-state index is 10.8. The Balaban J connectivity index is 1.53. The van der Waals surface area contributed by atoms with Crippen molar-refractivity contribution in [3.05, 3.63) is 58.7 Å². The van der Waals surface area contributed by atoms with Crippen LogP contribution >= 0.6 is 11.5 Å². The average molecular weight is 489 g/mol. The number of carboxylic acid groups (broad SMARTS) is 1. The Kier molecular flexibility index (Phi) is 7.94. The van der Waals surface area contributed by atoms with Gasteiger partial charge in [0.25, 0.3) is 0 Å². The van der Waals surface area contributed by atoms with Crippen LogP contribution in [0.2, 0.25) is 0 Å². The van der Waals surface area contributed by atoms with Crippen molar-refractivity contribution in [2.75, 3.05) is 19.6 Å². The lowest BCUT2D eigenvalue weighted by Gasteiger charge is -2.40. The second-order valence-electron chi connectivity index (χ2n) is 9.69. The molecule has 1 fully saturated rings. The Morgan fingerprint density at radius 3 is 2.77 bits per heavy atom. The lowest BCUT2D eigenvalue weighted by atomic mass is 9.85. The topological polar surface area (TPSA) is 90.1 Å². The van der Waals surface area contributed by atoms with Gasteiger partial charge in [0.05, 0.1) is 11.6 Å². The van der Waals surface area contributed by atoms with Crippen molar-refractivity contribution in [2.45, 2.75) is 52.4 Å². The van der Waals surface area contributed by atoms with Gasteiger partial charge < -0.3 is 10.0 Å². The first kappa shape index (κ1) is 25.0. The number of hydrogen-bond donors (Lipinski definition) is 1. The molecule has 1 aromatic heterocycles. The van der Waals surface area contributed by atoms with Gasteiger partial charge in [0.15, 0.2) is 5.82 Å². The first-order valence-electron chi connectivity index (χ1n) is 12.3. The highest BCUT2D eigenvalue weighted by Crippen LogP contribution is 2.36. The third-order valence-corrected chi connectivity index (χ3v) is 7.36. The monoisotopic (exact) mass is 488 g/mol. The summed E-state index contributed by atoms with van der Waals surface area (Å²) in [5.41, 5.74) is 6.44. The van der Waals surface area contributed by atoms with E-state index in [0.717, 1.165) is 60.0 Å². The zero-order chi connectivity index (χ0) is 24.9. The first-order chi connectivity index (χ1) is 16.9. The molecule has 6 nitrogen and oxygen atoms in total. The number of carbonyl (C=O) groups is 1. The molecular formula is C28H32N4O2S. The summed E-state index contributed by atoms with van der Waals surface area (Å²) in [4.78, 5) is 18.0. The lowest BCUT2D eigenvalue weighted by molar-refractivity contribution is -0.137. The first-order valence-corrected chi connectivity index (χ1v) is 13.1. The second-order valence-corrected chi connectivity index (χ2v) is 10.4. The van der Waals surface area contributed by atoms with Gasteiger partial charge in [-0.1, -0.05) is 51.1 Å². The molecule has 0 saturated carbocycles. The van der Waals surface area contributed by atoms with Crippen molar-refractivity contribution in [3.63, 3.8) is 0 Å². The van der Waals surface area contributed by atoms with Crippen LogP contribution in [0.5, 0.6) is 0 Å². The number of nitriles is 1. The van der Waals surface area contributed by atoms with Crippen LogP contribution in [0.4, 0.5) is 0 Å². The van der Waals surface area contributed by atoms with Crippen molar-refractivity contribution in [1.29, 1.82) is 5.26 Å². The minimum Gasteiger partial charge on any atom is -0.481 e. The van der Waals surface area contributed by atoms with E-state index in [4.69, 9.17) is 14.5 Å². The zero-order valence-corrected chi connectivity index (χ0v) is 21.4. The highest BCUT2D eigenvalue weighted by molar-refractivity contribution is 7.09. The van der Waals surface area contributed by atoms with E-state index in [0.29, 0.717) is 23.8 Å². The van der Waals surface area contributed by atoms with E-state index in [1.807, 2.05) is 18.2 Å². The molecule has 1 aliphatic rings. The maximum absolute atomic E-state index is 10.8. The van der Waals surface area contributed by atoms with Crippen LogP contribution in [0.3, 0.4) is 0 Å². The standard InChI is InChI=1S/C28H32N4O2S/c1-4-23-24(22-16-32(17-22)12-6-9-26(33)34)7-5-8-25(23)27-30-28(35-31-27)20-11-10-19(13-18(2)3)21(14-20)15-29/h5,7-8,10-11,14,18,22H,4,6,9,12-13,16-17H2,1-3H3,(H,33,34). The highest BCUT2D eigenvalue weighted by atomic mass is 32.1. The summed E-state index contributed by atoms with van der Waals surface area (Å²) in [6.45, 7) is 9.25. The third kappa shape index (κ3) is 5.77. The Bertz CT molecular complexity index is 1240. The van der Waals surface area contributed by atoms with Gasteiger partial charge >= 0.3 is 5.97 Å². The summed E-state index contributed by atoms with van der Waals surface area (Å²) in [6, 6.07) is 14.8. The summed E-state index contributed by atoms with van der Waals surface area (Å²) in [7, 11) is 0. The average Bonchev–Trinajstić information content (AvgIpc) is 3.30. The van der Waals surface area contributed by atoms with Gasteiger partial charge in [-0.05, 0) is 66.0 Å². The maximum Gasteiger partial charge on any atom is 0.303 e. The fraction of sp³-hybridized carbons (Fsp3) is 0.429. The molecule has 0 radical (unpaired) electrons. The molecule has 0 bridgehead atoms. The molecule has 1 saturated heterocycles. The second kappa shape index (κ2) is 11.1. The molecule has 0 unspecified atom stereocenters. The number of hydrogen-bond acceptors (Lipinski definition) is 6. The van der Waals surface area contributed by atoms with E-state index in [2.05, 4.69) is 49.9 Å². The van der Waals surface area contributed by atoms with Gasteiger partial charge in [0.2, 0.25) is 0 Å². The number of likely N-dealkylation sites (tertiary alicyclic amines) is 1. The quantitative estimate of drug-likeness (QED) is 0.390. The third-order valence-electron chi connectivity index (χ3n) is 6.60. The molecule has 4 rings (SSSR count). The van der Waals surface area contributed by atoms with E-state index < -0.39 is 5.97 Å². The van der Waals surface area contributed by atoms with Gasteiger partial charge in [-0.25, -0.2) is 4.98 Å². The largest absolute Gasteiger partial charge is 0.481 e. The molecule has 0 aliphatic carbocycles. The van der Waals surface area contributed by atoms with Crippen LogP contribution in [0.25, 0.3) is 22.0 Å². The predicted molar refractivity (Wildman–Crippen MR) is 139 cm³/mol. The van der Waals surface area contributed by atoms with Crippen LogP contribution in [0.15, 0.2) is 36.4 Å². The predicted octanol–water partition coefficient (Wildman–Crippen LogP) is 5.77. The van der Waals surface area contributed by atoms with Crippen LogP contribution in [0, 0.1) is 17.2 Å². The molecule has 35 heavy (non-hydrogen) atoms. The SMILES string of the molecule is CCc1c(-c2nsc(-c3ccc(CC(C)C)c(C#N)c3)n2)cccc1C1CN(CCCC(=O)O)C1. The fourth-order valence-corrected chi connectivity index (χ4v) is 5.55. The Morgan fingerprint density at radius 1 is 1.29 bits per heavy atom. The van der Waals surface area contributed by atoms with E-state index in [-0.39, 0.29) is 6.42 Å². The molecule has 1 aliphatic heterocycles. The van der Waals surface area contributed by atoms with Gasteiger partial charge in [-0.2, -0.15) is 9.64 Å². The van der Waals surface area contributed by atoms with Gasteiger partial charge in [-0.3, -0.25) is 4.79 Å². The van der Waals surface area contributed by atoms with Crippen molar-refractivity contribution in [3.8, 4) is 28.0 Å². The molecule has 1 N–H and O–H groups in total. The summed E-state index contributed by atoms with van der Waals surface area (Å²) in [5, 5.41) is 19.3. The highest BCUT2D eigenvalue weighted by Gasteiger charge is 2.30. The van der Waals surface area contributed by atoms with E-state index >= 15 is 0 Å². The normalized spacial score (nSPS) is 14.1. The number of carboxylic acids is 1. The van der Waals surface area contributed by atoms with Crippen LogP contribution < -0.4 is 0 Å². The van der Waals surface area contributed by atoms with Crippen LogP contribution in [0.1, 0.15) is 61.8 Å². The molecule has 0 amide bonds. The lowest BCUT2D eigenvalue weighted by Crippen LogP contribution is -2.45. The summed E-state index contributed by atoms with van der Waals surface area (Å²) < 4.78 is 4.70. The minimum atomic E-state index is -0.728. The van der Waals surface area contributed by atoms with Gasteiger partial charge in [-0.15, -0.1) is 0 Å². The van der Waals surface area contributed by atoms with Crippen LogP contribution in [-0.2, 0) is 17.6 Å². The van der Waals surface area contributed by atoms with Gasteiger partial charge in [0, 0.05) is 36.6 Å². The number of rotatable bonds is 10. The Labute approximate surface area is 211 Å². The summed E-state index contributed by atoms with van der Waals surface area (Å²) in [6.07, 6.45) is 2.71. The summed E-state index contributed by atoms with van der Waals surface area (Å²) in [5.74, 6) is 0.965. The Morgan fingerprint density at radius 2 is 2.09 bits per heavy atom. The number of aliphatic carboxylic acids is 1. The number of nitrogens with zero attached hydrogens (tertiary/aromatic N) is 4. The molecule has 182 valence electrons. The van der Waals surface area contributed by atoms with E-state index in [1.165, 1.54) is 22.7 Å². The van der Waals surface area contributed by atoms with Crippen molar-refractivity contribution < 1.29 is 9.90 Å². The minimum absolute atomic E-state index is 0.227.